The third kappa shape index (κ3) is 2.69. The highest BCUT2D eigenvalue weighted by Gasteiger charge is 2.04. The van der Waals surface area contributed by atoms with E-state index in [1.807, 2.05) is 19.1 Å². The molecule has 0 aliphatic carbocycles. The largest absolute Gasteiger partial charge is 0.478 e. The van der Waals surface area contributed by atoms with Crippen molar-refractivity contribution in [2.24, 2.45) is 0 Å². The van der Waals surface area contributed by atoms with Gasteiger partial charge in [0.15, 0.2) is 0 Å². The van der Waals surface area contributed by atoms with Crippen LogP contribution in [0.15, 0.2) is 27.2 Å². The maximum Gasteiger partial charge on any atom is 0.328 e. The zero-order valence-corrected chi connectivity index (χ0v) is 10.6. The molecule has 0 amide bonds. The summed E-state index contributed by atoms with van der Waals surface area (Å²) in [4.78, 5) is 10.4. The molecule has 1 aromatic rings. The van der Waals surface area contributed by atoms with Gasteiger partial charge in [-0.2, -0.15) is 0 Å². The van der Waals surface area contributed by atoms with E-state index in [0.717, 1.165) is 26.1 Å². The van der Waals surface area contributed by atoms with Gasteiger partial charge >= 0.3 is 5.97 Å². The molecule has 0 aliphatic rings. The van der Waals surface area contributed by atoms with Crippen molar-refractivity contribution in [3.8, 4) is 0 Å². The highest BCUT2D eigenvalue weighted by molar-refractivity contribution is 9.13. The smallest absolute Gasteiger partial charge is 0.328 e. The minimum absolute atomic E-state index is 0.870. The Kier molecular flexibility index (Phi) is 3.89. The summed E-state index contributed by atoms with van der Waals surface area (Å²) >= 11 is 6.75. The molecule has 0 spiro atoms. The minimum Gasteiger partial charge on any atom is -0.478 e. The lowest BCUT2D eigenvalue weighted by Crippen LogP contribution is -1.88. The third-order valence-electron chi connectivity index (χ3n) is 1.74. The summed E-state index contributed by atoms with van der Waals surface area (Å²) in [5, 5.41) is 8.51. The molecule has 0 bridgehead atoms. The number of carbonyl (C=O) groups is 1. The summed E-state index contributed by atoms with van der Waals surface area (Å²) in [5.74, 6) is -0.948. The van der Waals surface area contributed by atoms with Crippen LogP contribution in [0, 0.1) is 6.92 Å². The molecule has 4 heteroatoms. The molecule has 1 aromatic carbocycles. The molecule has 0 saturated heterocycles. The zero-order chi connectivity index (χ0) is 10.7. The standard InChI is InChI=1S/C10H8Br2O2/c1-6-2-4-8(11)10(12)7(6)3-5-9(13)14/h2-5H,1H3,(H,13,14)/b5-3+. The van der Waals surface area contributed by atoms with E-state index in [0.29, 0.717) is 0 Å². The number of halogens is 2. The number of carboxylic acid groups (broad SMARTS) is 1. The first-order chi connectivity index (χ1) is 6.52. The first-order valence-electron chi connectivity index (χ1n) is 3.88. The van der Waals surface area contributed by atoms with Gasteiger partial charge in [-0.05, 0) is 62.1 Å². The van der Waals surface area contributed by atoms with Gasteiger partial charge in [-0.25, -0.2) is 4.79 Å². The molecule has 0 aliphatic heterocycles. The number of hydrogen-bond acceptors (Lipinski definition) is 1. The van der Waals surface area contributed by atoms with Gasteiger partial charge in [-0.3, -0.25) is 0 Å². The Morgan fingerprint density at radius 2 is 2.07 bits per heavy atom. The third-order valence-corrected chi connectivity index (χ3v) is 3.79. The average Bonchev–Trinajstić information content (AvgIpc) is 2.11. The Bertz CT molecular complexity index is 397. The summed E-state index contributed by atoms with van der Waals surface area (Å²) in [5.41, 5.74) is 1.90. The van der Waals surface area contributed by atoms with E-state index in [4.69, 9.17) is 5.11 Å². The lowest BCUT2D eigenvalue weighted by molar-refractivity contribution is -0.131. The predicted octanol–water partition coefficient (Wildman–Crippen LogP) is 3.62. The van der Waals surface area contributed by atoms with Crippen molar-refractivity contribution >= 4 is 43.9 Å². The van der Waals surface area contributed by atoms with Crippen LogP contribution in [0.2, 0.25) is 0 Å². The lowest BCUT2D eigenvalue weighted by Gasteiger charge is -2.04. The highest BCUT2D eigenvalue weighted by Crippen LogP contribution is 2.29. The van der Waals surface area contributed by atoms with Gasteiger partial charge < -0.3 is 5.11 Å². The van der Waals surface area contributed by atoms with Crippen LogP contribution in [0.3, 0.4) is 0 Å². The van der Waals surface area contributed by atoms with Gasteiger partial charge in [-0.15, -0.1) is 0 Å². The fourth-order valence-electron chi connectivity index (χ4n) is 1.02. The van der Waals surface area contributed by atoms with Crippen molar-refractivity contribution in [1.82, 2.24) is 0 Å². The number of benzene rings is 1. The number of aliphatic carboxylic acids is 1. The zero-order valence-electron chi connectivity index (χ0n) is 7.42. The molecule has 1 rings (SSSR count). The number of rotatable bonds is 2. The van der Waals surface area contributed by atoms with Crippen LogP contribution in [0.4, 0.5) is 0 Å². The number of carboxylic acids is 1. The molecule has 14 heavy (non-hydrogen) atoms. The Balaban J connectivity index is 3.19. The SMILES string of the molecule is Cc1ccc(Br)c(Br)c1/C=C/C(=O)O. The van der Waals surface area contributed by atoms with Gasteiger partial charge in [0.2, 0.25) is 0 Å². The first kappa shape index (κ1) is 11.5. The molecular formula is C10H8Br2O2. The van der Waals surface area contributed by atoms with Crippen molar-refractivity contribution in [3.05, 3.63) is 38.3 Å². The Morgan fingerprint density at radius 3 is 2.64 bits per heavy atom. The predicted molar refractivity (Wildman–Crippen MR) is 63.2 cm³/mol. The number of hydrogen-bond donors (Lipinski definition) is 1. The summed E-state index contributed by atoms with van der Waals surface area (Å²) < 4.78 is 1.78. The Morgan fingerprint density at radius 1 is 1.43 bits per heavy atom. The molecule has 74 valence electrons. The van der Waals surface area contributed by atoms with Gasteiger partial charge in [0.1, 0.15) is 0 Å². The maximum atomic E-state index is 10.4. The van der Waals surface area contributed by atoms with Crippen LogP contribution in [0.5, 0.6) is 0 Å². The van der Waals surface area contributed by atoms with Crippen LogP contribution in [-0.2, 0) is 4.79 Å². The minimum atomic E-state index is -0.948. The summed E-state index contributed by atoms with van der Waals surface area (Å²) in [6.45, 7) is 1.93. The van der Waals surface area contributed by atoms with E-state index < -0.39 is 5.97 Å². The molecule has 0 atom stereocenters. The van der Waals surface area contributed by atoms with Gasteiger partial charge in [-0.1, -0.05) is 6.07 Å². The quantitative estimate of drug-likeness (QED) is 0.845. The molecule has 1 N–H and O–H groups in total. The second-order valence-electron chi connectivity index (χ2n) is 2.76. The van der Waals surface area contributed by atoms with E-state index in [1.165, 1.54) is 0 Å². The highest BCUT2D eigenvalue weighted by atomic mass is 79.9. The van der Waals surface area contributed by atoms with Crippen LogP contribution in [-0.4, -0.2) is 11.1 Å². The summed E-state index contributed by atoms with van der Waals surface area (Å²) in [7, 11) is 0. The van der Waals surface area contributed by atoms with Crippen LogP contribution in [0.1, 0.15) is 11.1 Å². The van der Waals surface area contributed by atoms with Gasteiger partial charge in [0.25, 0.3) is 0 Å². The molecule has 0 unspecified atom stereocenters. The van der Waals surface area contributed by atoms with Crippen molar-refractivity contribution in [2.45, 2.75) is 6.92 Å². The second kappa shape index (κ2) is 4.75. The Hall–Kier alpha value is -0.610. The topological polar surface area (TPSA) is 37.3 Å². The van der Waals surface area contributed by atoms with E-state index in [-0.39, 0.29) is 0 Å². The Labute approximate surface area is 98.9 Å². The molecule has 0 aromatic heterocycles. The molecule has 0 radical (unpaired) electrons. The maximum absolute atomic E-state index is 10.4. The van der Waals surface area contributed by atoms with Crippen molar-refractivity contribution in [3.63, 3.8) is 0 Å². The van der Waals surface area contributed by atoms with Crippen molar-refractivity contribution in [2.75, 3.05) is 0 Å². The second-order valence-corrected chi connectivity index (χ2v) is 4.41. The fourth-order valence-corrected chi connectivity index (χ4v) is 1.94. The molecule has 2 nitrogen and oxygen atoms in total. The van der Waals surface area contributed by atoms with Gasteiger partial charge in [0, 0.05) is 15.0 Å². The summed E-state index contributed by atoms with van der Waals surface area (Å²) in [6, 6.07) is 3.84. The normalized spacial score (nSPS) is 10.8. The number of aryl methyl sites for hydroxylation is 1. The molecule has 0 heterocycles. The van der Waals surface area contributed by atoms with E-state index in [1.54, 1.807) is 6.08 Å². The monoisotopic (exact) mass is 318 g/mol. The van der Waals surface area contributed by atoms with Crippen molar-refractivity contribution < 1.29 is 9.90 Å². The van der Waals surface area contributed by atoms with Crippen LogP contribution < -0.4 is 0 Å². The van der Waals surface area contributed by atoms with Crippen molar-refractivity contribution in [1.29, 1.82) is 0 Å². The average molecular weight is 320 g/mol. The van der Waals surface area contributed by atoms with Crippen LogP contribution >= 0.6 is 31.9 Å². The molecular weight excluding hydrogens is 312 g/mol. The van der Waals surface area contributed by atoms with Gasteiger partial charge in [0.05, 0.1) is 0 Å². The van der Waals surface area contributed by atoms with E-state index >= 15 is 0 Å². The first-order valence-corrected chi connectivity index (χ1v) is 5.46. The van der Waals surface area contributed by atoms with E-state index in [2.05, 4.69) is 31.9 Å². The lowest BCUT2D eigenvalue weighted by atomic mass is 10.1. The molecule has 0 fully saturated rings. The molecule has 0 saturated carbocycles. The summed E-state index contributed by atoms with van der Waals surface area (Å²) in [6.07, 6.45) is 2.70. The van der Waals surface area contributed by atoms with Crippen LogP contribution in [0.25, 0.3) is 6.08 Å². The fraction of sp³-hybridized carbons (Fsp3) is 0.100. The van der Waals surface area contributed by atoms with E-state index in [9.17, 15) is 4.79 Å².